The van der Waals surface area contributed by atoms with Gasteiger partial charge < -0.3 is 10.2 Å². The minimum atomic E-state index is -3.45. The highest BCUT2D eigenvalue weighted by Gasteiger charge is 2.38. The number of nitrogens with one attached hydrogen (secondary N) is 1. The number of halogens is 1. The minimum absolute atomic E-state index is 0.334. The first kappa shape index (κ1) is 18.3. The van der Waals surface area contributed by atoms with E-state index in [0.717, 1.165) is 30.6 Å². The Morgan fingerprint density at radius 3 is 2.85 bits per heavy atom. The van der Waals surface area contributed by atoms with Gasteiger partial charge in [-0.3, -0.25) is 4.31 Å². The van der Waals surface area contributed by atoms with Gasteiger partial charge >= 0.3 is 0 Å². The molecule has 2 aromatic rings. The number of sulfonamides is 1. The second kappa shape index (κ2) is 7.16. The lowest BCUT2D eigenvalue weighted by Crippen LogP contribution is -2.48. The van der Waals surface area contributed by atoms with E-state index in [1.165, 1.54) is 6.33 Å². The largest absolute Gasteiger partial charge is 0.383 e. The number of benzene rings is 1. The summed E-state index contributed by atoms with van der Waals surface area (Å²) < 4.78 is 28.3. The van der Waals surface area contributed by atoms with E-state index < -0.39 is 15.3 Å². The summed E-state index contributed by atoms with van der Waals surface area (Å²) in [6.45, 7) is 1.65. The van der Waals surface area contributed by atoms with Crippen LogP contribution >= 0.6 is 11.6 Å². The molecule has 0 radical (unpaired) electrons. The summed E-state index contributed by atoms with van der Waals surface area (Å²) in [4.78, 5) is 10.3. The highest BCUT2D eigenvalue weighted by atomic mass is 35.5. The lowest BCUT2D eigenvalue weighted by atomic mass is 10.1. The first-order chi connectivity index (χ1) is 13.0. The maximum absolute atomic E-state index is 13.4. The van der Waals surface area contributed by atoms with Crippen molar-refractivity contribution in [3.8, 4) is 0 Å². The molecule has 1 N–H and O–H groups in total. The van der Waals surface area contributed by atoms with Crippen LogP contribution in [0.25, 0.3) is 0 Å². The number of piperidine rings is 1. The van der Waals surface area contributed by atoms with E-state index in [0.29, 0.717) is 36.2 Å². The molecule has 1 aromatic carbocycles. The molecule has 2 aliphatic rings. The molecule has 1 atom stereocenters. The van der Waals surface area contributed by atoms with Crippen molar-refractivity contribution in [2.24, 2.45) is 0 Å². The molecule has 0 aliphatic carbocycles. The van der Waals surface area contributed by atoms with Crippen LogP contribution in [0.5, 0.6) is 0 Å². The van der Waals surface area contributed by atoms with Crippen LogP contribution in [0.4, 0.5) is 17.2 Å². The van der Waals surface area contributed by atoms with Gasteiger partial charge in [-0.2, -0.15) is 0 Å². The SMILES string of the molecule is CNc1c(Cl)ncnc1N1CCCC(S(=O)(=O)N2CCc3ccccc32)C1. The molecular formula is C18H22ClN5O2S. The fraction of sp³-hybridized carbons (Fsp3) is 0.444. The van der Waals surface area contributed by atoms with Crippen LogP contribution in [-0.4, -0.2) is 50.3 Å². The van der Waals surface area contributed by atoms with Crippen molar-refractivity contribution in [1.29, 1.82) is 0 Å². The predicted molar refractivity (Wildman–Crippen MR) is 108 cm³/mol. The summed E-state index contributed by atoms with van der Waals surface area (Å²) in [7, 11) is -1.69. The van der Waals surface area contributed by atoms with Crippen LogP contribution in [0.2, 0.25) is 5.15 Å². The second-order valence-corrected chi connectivity index (χ2v) is 9.31. The van der Waals surface area contributed by atoms with Crippen molar-refractivity contribution in [1.82, 2.24) is 9.97 Å². The fourth-order valence-electron chi connectivity index (χ4n) is 3.94. The molecule has 0 spiro atoms. The number of anilines is 3. The third kappa shape index (κ3) is 3.21. The quantitative estimate of drug-likeness (QED) is 0.784. The van der Waals surface area contributed by atoms with Gasteiger partial charge in [0, 0.05) is 26.7 Å². The maximum Gasteiger partial charge on any atom is 0.239 e. The van der Waals surface area contributed by atoms with Gasteiger partial charge in [0.25, 0.3) is 0 Å². The smallest absolute Gasteiger partial charge is 0.239 e. The van der Waals surface area contributed by atoms with Gasteiger partial charge in [0.05, 0.1) is 10.9 Å². The van der Waals surface area contributed by atoms with Crippen molar-refractivity contribution >= 4 is 38.8 Å². The molecule has 1 unspecified atom stereocenters. The van der Waals surface area contributed by atoms with E-state index in [1.807, 2.05) is 29.2 Å². The first-order valence-corrected chi connectivity index (χ1v) is 10.9. The average molecular weight is 408 g/mol. The van der Waals surface area contributed by atoms with Gasteiger partial charge in [-0.25, -0.2) is 18.4 Å². The van der Waals surface area contributed by atoms with Crippen LogP contribution in [0.3, 0.4) is 0 Å². The fourth-order valence-corrected chi connectivity index (χ4v) is 6.15. The summed E-state index contributed by atoms with van der Waals surface area (Å²) in [6.07, 6.45) is 3.60. The van der Waals surface area contributed by atoms with E-state index in [9.17, 15) is 8.42 Å². The molecule has 7 nitrogen and oxygen atoms in total. The summed E-state index contributed by atoms with van der Waals surface area (Å²) in [5, 5.41) is 2.88. The maximum atomic E-state index is 13.4. The standard InChI is InChI=1S/C18H22ClN5O2S/c1-20-16-17(19)21-12-22-18(16)23-9-4-6-14(11-23)27(25,26)24-10-8-13-5-2-3-7-15(13)24/h2-3,5,7,12,14,20H,4,6,8-11H2,1H3. The van der Waals surface area contributed by atoms with Gasteiger partial charge in [-0.05, 0) is 30.9 Å². The molecule has 0 saturated carbocycles. The Morgan fingerprint density at radius 1 is 1.22 bits per heavy atom. The van der Waals surface area contributed by atoms with E-state index in [-0.39, 0.29) is 0 Å². The molecule has 1 fully saturated rings. The molecule has 3 heterocycles. The Balaban J connectivity index is 1.61. The van der Waals surface area contributed by atoms with Crippen molar-refractivity contribution in [2.75, 3.05) is 41.2 Å². The number of hydrogen-bond donors (Lipinski definition) is 1. The first-order valence-electron chi connectivity index (χ1n) is 9.05. The molecule has 0 bridgehead atoms. The van der Waals surface area contributed by atoms with Crippen LogP contribution in [0, 0.1) is 0 Å². The molecule has 1 saturated heterocycles. The van der Waals surface area contributed by atoms with Crippen molar-refractivity contribution < 1.29 is 8.42 Å². The van der Waals surface area contributed by atoms with Gasteiger partial charge in [0.2, 0.25) is 10.0 Å². The highest BCUT2D eigenvalue weighted by Crippen LogP contribution is 2.35. The Kier molecular flexibility index (Phi) is 4.86. The normalized spacial score (nSPS) is 19.9. The Bertz CT molecular complexity index is 953. The summed E-state index contributed by atoms with van der Waals surface area (Å²) in [5.41, 5.74) is 2.54. The Hall–Kier alpha value is -2.06. The van der Waals surface area contributed by atoms with Crippen molar-refractivity contribution in [3.05, 3.63) is 41.3 Å². The molecule has 27 heavy (non-hydrogen) atoms. The number of hydrogen-bond acceptors (Lipinski definition) is 6. The zero-order chi connectivity index (χ0) is 19.0. The molecule has 1 aromatic heterocycles. The lowest BCUT2D eigenvalue weighted by Gasteiger charge is -2.36. The average Bonchev–Trinajstić information content (AvgIpc) is 3.13. The van der Waals surface area contributed by atoms with Crippen molar-refractivity contribution in [2.45, 2.75) is 24.5 Å². The number of nitrogens with zero attached hydrogens (tertiary/aromatic N) is 4. The van der Waals surface area contributed by atoms with E-state index in [1.54, 1.807) is 11.4 Å². The lowest BCUT2D eigenvalue weighted by molar-refractivity contribution is 0.527. The van der Waals surface area contributed by atoms with Gasteiger partial charge in [0.15, 0.2) is 11.0 Å². The molecule has 0 amide bonds. The number of rotatable bonds is 4. The molecule has 144 valence electrons. The monoisotopic (exact) mass is 407 g/mol. The van der Waals surface area contributed by atoms with E-state index >= 15 is 0 Å². The summed E-state index contributed by atoms with van der Waals surface area (Å²) in [6, 6.07) is 7.74. The zero-order valence-corrected chi connectivity index (χ0v) is 16.7. The van der Waals surface area contributed by atoms with Crippen LogP contribution in [0.1, 0.15) is 18.4 Å². The van der Waals surface area contributed by atoms with Gasteiger partial charge in [0.1, 0.15) is 12.0 Å². The van der Waals surface area contributed by atoms with E-state index in [2.05, 4.69) is 15.3 Å². The third-order valence-electron chi connectivity index (χ3n) is 5.28. The number of aromatic nitrogens is 2. The summed E-state index contributed by atoms with van der Waals surface area (Å²) >= 11 is 6.17. The Morgan fingerprint density at radius 2 is 2.04 bits per heavy atom. The van der Waals surface area contributed by atoms with Gasteiger partial charge in [-0.15, -0.1) is 0 Å². The minimum Gasteiger partial charge on any atom is -0.383 e. The molecule has 4 rings (SSSR count). The van der Waals surface area contributed by atoms with Gasteiger partial charge in [-0.1, -0.05) is 29.8 Å². The number of fused-ring (bicyclic) bond motifs is 1. The molecule has 9 heteroatoms. The summed E-state index contributed by atoms with van der Waals surface area (Å²) in [5.74, 6) is 0.652. The topological polar surface area (TPSA) is 78.4 Å². The zero-order valence-electron chi connectivity index (χ0n) is 15.1. The highest BCUT2D eigenvalue weighted by molar-refractivity contribution is 7.93. The molecule has 2 aliphatic heterocycles. The van der Waals surface area contributed by atoms with Crippen LogP contribution < -0.4 is 14.5 Å². The van der Waals surface area contributed by atoms with Crippen molar-refractivity contribution in [3.63, 3.8) is 0 Å². The molecular weight excluding hydrogens is 386 g/mol. The van der Waals surface area contributed by atoms with Crippen LogP contribution in [-0.2, 0) is 16.4 Å². The Labute approximate surface area is 164 Å². The van der Waals surface area contributed by atoms with Crippen LogP contribution in [0.15, 0.2) is 30.6 Å². The second-order valence-electron chi connectivity index (χ2n) is 6.82. The third-order valence-corrected chi connectivity index (χ3v) is 7.79. The van der Waals surface area contributed by atoms with E-state index in [4.69, 9.17) is 11.6 Å². The number of para-hydroxylation sites is 1. The predicted octanol–water partition coefficient (Wildman–Crippen LogP) is 2.53.